The SMILES string of the molecule is Cc1cc(N)c(-c2ccccc2)nc1-c1cn[nH]c1. The molecule has 1 aromatic carbocycles. The van der Waals surface area contributed by atoms with Gasteiger partial charge < -0.3 is 5.73 Å². The maximum Gasteiger partial charge on any atom is 0.0938 e. The molecule has 0 aliphatic heterocycles. The van der Waals surface area contributed by atoms with Gasteiger partial charge in [-0.15, -0.1) is 0 Å². The summed E-state index contributed by atoms with van der Waals surface area (Å²) < 4.78 is 0. The van der Waals surface area contributed by atoms with Gasteiger partial charge in [-0.3, -0.25) is 5.10 Å². The van der Waals surface area contributed by atoms with Crippen molar-refractivity contribution in [1.82, 2.24) is 15.2 Å². The van der Waals surface area contributed by atoms with Crippen LogP contribution in [0.3, 0.4) is 0 Å². The Balaban J connectivity index is 2.19. The van der Waals surface area contributed by atoms with Gasteiger partial charge in [-0.25, -0.2) is 4.98 Å². The molecule has 94 valence electrons. The lowest BCUT2D eigenvalue weighted by atomic mass is 10.0. The first-order valence-corrected chi connectivity index (χ1v) is 6.07. The monoisotopic (exact) mass is 250 g/mol. The van der Waals surface area contributed by atoms with E-state index in [1.807, 2.05) is 49.5 Å². The van der Waals surface area contributed by atoms with Crippen molar-refractivity contribution in [2.45, 2.75) is 6.92 Å². The van der Waals surface area contributed by atoms with Gasteiger partial charge in [0, 0.05) is 17.3 Å². The van der Waals surface area contributed by atoms with Crippen LogP contribution < -0.4 is 5.73 Å². The number of benzene rings is 1. The third-order valence-electron chi connectivity index (χ3n) is 3.06. The molecule has 3 aromatic rings. The van der Waals surface area contributed by atoms with Crippen LogP contribution in [0, 0.1) is 6.92 Å². The zero-order valence-electron chi connectivity index (χ0n) is 10.6. The van der Waals surface area contributed by atoms with E-state index in [2.05, 4.69) is 10.2 Å². The Bertz CT molecular complexity index is 688. The van der Waals surface area contributed by atoms with Gasteiger partial charge in [-0.05, 0) is 18.6 Å². The minimum atomic E-state index is 0.691. The fraction of sp³-hybridized carbons (Fsp3) is 0.0667. The number of aromatic amines is 1. The van der Waals surface area contributed by atoms with Gasteiger partial charge in [0.1, 0.15) is 0 Å². The van der Waals surface area contributed by atoms with Crippen LogP contribution in [0.1, 0.15) is 5.56 Å². The van der Waals surface area contributed by atoms with Crippen molar-refractivity contribution in [2.24, 2.45) is 0 Å². The smallest absolute Gasteiger partial charge is 0.0938 e. The van der Waals surface area contributed by atoms with Crippen LogP contribution in [-0.4, -0.2) is 15.2 Å². The Morgan fingerprint density at radius 1 is 1.05 bits per heavy atom. The maximum atomic E-state index is 6.09. The van der Waals surface area contributed by atoms with Crippen molar-refractivity contribution in [1.29, 1.82) is 0 Å². The van der Waals surface area contributed by atoms with E-state index in [1.54, 1.807) is 6.20 Å². The molecule has 0 fully saturated rings. The second-order valence-corrected chi connectivity index (χ2v) is 4.44. The largest absolute Gasteiger partial charge is 0.397 e. The first-order chi connectivity index (χ1) is 9.25. The molecule has 2 heterocycles. The highest BCUT2D eigenvalue weighted by molar-refractivity contribution is 5.77. The fourth-order valence-corrected chi connectivity index (χ4v) is 2.13. The van der Waals surface area contributed by atoms with Gasteiger partial charge in [0.2, 0.25) is 0 Å². The average molecular weight is 250 g/mol. The Hall–Kier alpha value is -2.62. The van der Waals surface area contributed by atoms with E-state index in [4.69, 9.17) is 10.7 Å². The number of aromatic nitrogens is 3. The number of aryl methyl sites for hydroxylation is 1. The molecule has 19 heavy (non-hydrogen) atoms. The lowest BCUT2D eigenvalue weighted by Gasteiger charge is -2.10. The quantitative estimate of drug-likeness (QED) is 0.734. The van der Waals surface area contributed by atoms with Crippen LogP contribution in [0.25, 0.3) is 22.5 Å². The second-order valence-electron chi connectivity index (χ2n) is 4.44. The molecule has 4 nitrogen and oxygen atoms in total. The summed E-state index contributed by atoms with van der Waals surface area (Å²) in [7, 11) is 0. The second kappa shape index (κ2) is 4.57. The van der Waals surface area contributed by atoms with E-state index in [0.29, 0.717) is 5.69 Å². The lowest BCUT2D eigenvalue weighted by molar-refractivity contribution is 1.09. The average Bonchev–Trinajstić information content (AvgIpc) is 2.94. The van der Waals surface area contributed by atoms with E-state index in [1.165, 1.54) is 0 Å². The van der Waals surface area contributed by atoms with Gasteiger partial charge >= 0.3 is 0 Å². The number of nitrogens with zero attached hydrogens (tertiary/aromatic N) is 2. The summed E-state index contributed by atoms with van der Waals surface area (Å²) in [6.45, 7) is 2.00. The molecular weight excluding hydrogens is 236 g/mol. The van der Waals surface area contributed by atoms with Crippen molar-refractivity contribution in [3.05, 3.63) is 54.4 Å². The van der Waals surface area contributed by atoms with Crippen molar-refractivity contribution >= 4 is 5.69 Å². The van der Waals surface area contributed by atoms with Crippen LogP contribution in [0.15, 0.2) is 48.8 Å². The Kier molecular flexibility index (Phi) is 2.76. The maximum absolute atomic E-state index is 6.09. The topological polar surface area (TPSA) is 67.6 Å². The summed E-state index contributed by atoms with van der Waals surface area (Å²) in [6.07, 6.45) is 3.60. The molecule has 0 unspecified atom stereocenters. The Morgan fingerprint density at radius 2 is 1.84 bits per heavy atom. The highest BCUT2D eigenvalue weighted by Gasteiger charge is 2.11. The normalized spacial score (nSPS) is 10.6. The number of anilines is 1. The van der Waals surface area contributed by atoms with E-state index in [0.717, 1.165) is 28.1 Å². The predicted octanol–water partition coefficient (Wildman–Crippen LogP) is 3.03. The predicted molar refractivity (Wildman–Crippen MR) is 76.4 cm³/mol. The summed E-state index contributed by atoms with van der Waals surface area (Å²) in [4.78, 5) is 4.70. The molecular formula is C15H14N4. The lowest BCUT2D eigenvalue weighted by Crippen LogP contribution is -1.97. The van der Waals surface area contributed by atoms with Gasteiger partial charge in [0.15, 0.2) is 0 Å². The van der Waals surface area contributed by atoms with Gasteiger partial charge in [0.25, 0.3) is 0 Å². The third kappa shape index (κ3) is 2.08. The molecule has 3 N–H and O–H groups in total. The molecule has 4 heteroatoms. The number of rotatable bonds is 2. The molecule has 0 radical (unpaired) electrons. The molecule has 0 amide bonds. The fourth-order valence-electron chi connectivity index (χ4n) is 2.13. The summed E-state index contributed by atoms with van der Waals surface area (Å²) in [5.41, 5.74) is 11.5. The molecule has 3 rings (SSSR count). The standard InChI is InChI=1S/C15H14N4/c1-10-7-13(16)15(11-5-3-2-4-6-11)19-14(10)12-8-17-18-9-12/h2-9H,16H2,1H3,(H,17,18). The van der Waals surface area contributed by atoms with Gasteiger partial charge in [0.05, 0.1) is 23.3 Å². The summed E-state index contributed by atoms with van der Waals surface area (Å²) in [5, 5.41) is 6.78. The number of pyridine rings is 1. The summed E-state index contributed by atoms with van der Waals surface area (Å²) in [5.74, 6) is 0. The van der Waals surface area contributed by atoms with Crippen molar-refractivity contribution < 1.29 is 0 Å². The Labute approximate surface area is 111 Å². The minimum absolute atomic E-state index is 0.691. The third-order valence-corrected chi connectivity index (χ3v) is 3.06. The highest BCUT2D eigenvalue weighted by Crippen LogP contribution is 2.29. The number of nitrogen functional groups attached to an aromatic ring is 1. The molecule has 2 aromatic heterocycles. The first-order valence-electron chi connectivity index (χ1n) is 6.07. The van der Waals surface area contributed by atoms with E-state index >= 15 is 0 Å². The zero-order chi connectivity index (χ0) is 13.2. The highest BCUT2D eigenvalue weighted by atomic mass is 15.1. The zero-order valence-corrected chi connectivity index (χ0v) is 10.6. The molecule has 0 spiro atoms. The minimum Gasteiger partial charge on any atom is -0.397 e. The van der Waals surface area contributed by atoms with Crippen LogP contribution in [-0.2, 0) is 0 Å². The van der Waals surface area contributed by atoms with Crippen LogP contribution in [0.4, 0.5) is 5.69 Å². The van der Waals surface area contributed by atoms with E-state index < -0.39 is 0 Å². The number of hydrogen-bond acceptors (Lipinski definition) is 3. The van der Waals surface area contributed by atoms with Crippen LogP contribution in [0.5, 0.6) is 0 Å². The molecule has 0 aliphatic rings. The van der Waals surface area contributed by atoms with Crippen LogP contribution in [0.2, 0.25) is 0 Å². The number of H-pyrrole nitrogens is 1. The number of hydrogen-bond donors (Lipinski definition) is 2. The van der Waals surface area contributed by atoms with E-state index in [9.17, 15) is 0 Å². The summed E-state index contributed by atoms with van der Waals surface area (Å²) >= 11 is 0. The van der Waals surface area contributed by atoms with Crippen molar-refractivity contribution in [3.63, 3.8) is 0 Å². The van der Waals surface area contributed by atoms with Crippen molar-refractivity contribution in [3.8, 4) is 22.5 Å². The van der Waals surface area contributed by atoms with Crippen molar-refractivity contribution in [2.75, 3.05) is 5.73 Å². The first kappa shape index (κ1) is 11.5. The molecule has 0 bridgehead atoms. The number of nitrogens with one attached hydrogen (secondary N) is 1. The van der Waals surface area contributed by atoms with Gasteiger partial charge in [-0.1, -0.05) is 30.3 Å². The molecule has 0 saturated carbocycles. The number of nitrogens with two attached hydrogens (primary N) is 1. The molecule has 0 atom stereocenters. The molecule has 0 aliphatic carbocycles. The Morgan fingerprint density at radius 3 is 2.53 bits per heavy atom. The van der Waals surface area contributed by atoms with Crippen LogP contribution >= 0.6 is 0 Å². The molecule has 0 saturated heterocycles. The van der Waals surface area contributed by atoms with E-state index in [-0.39, 0.29) is 0 Å². The summed E-state index contributed by atoms with van der Waals surface area (Å²) in [6, 6.07) is 11.9. The van der Waals surface area contributed by atoms with Gasteiger partial charge in [-0.2, -0.15) is 5.10 Å².